The molecule has 0 bridgehead atoms. The predicted octanol–water partition coefficient (Wildman–Crippen LogP) is 2.12. The van der Waals surface area contributed by atoms with Crippen molar-refractivity contribution < 1.29 is 9.50 Å². The number of rotatable bonds is 6. The van der Waals surface area contributed by atoms with Crippen molar-refractivity contribution in [1.29, 1.82) is 0 Å². The highest BCUT2D eigenvalue weighted by Gasteiger charge is 2.10. The fourth-order valence-electron chi connectivity index (χ4n) is 2.80. The molecule has 2 aromatic heterocycles. The van der Waals surface area contributed by atoms with Gasteiger partial charge in [-0.25, -0.2) is 9.37 Å². The number of nitrogens with zero attached hydrogens (tertiary/aromatic N) is 5. The molecule has 0 atom stereocenters. The zero-order valence-corrected chi connectivity index (χ0v) is 15.1. The molecule has 0 aliphatic heterocycles. The number of nitrogens with one attached hydrogen (secondary N) is 2. The van der Waals surface area contributed by atoms with Crippen LogP contribution in [0.25, 0.3) is 5.69 Å². The van der Waals surface area contributed by atoms with Gasteiger partial charge < -0.3 is 10.4 Å². The molecule has 29 heavy (non-hydrogen) atoms. The van der Waals surface area contributed by atoms with E-state index in [9.17, 15) is 14.3 Å². The van der Waals surface area contributed by atoms with E-state index in [0.29, 0.717) is 17.9 Å². The molecule has 2 heterocycles. The molecular formula is C19H16FN7O2. The highest BCUT2D eigenvalue weighted by molar-refractivity contribution is 5.57. The Morgan fingerprint density at radius 1 is 1.14 bits per heavy atom. The molecule has 10 heteroatoms. The number of benzene rings is 2. The van der Waals surface area contributed by atoms with E-state index in [0.717, 1.165) is 18.1 Å². The number of hydrogen-bond donors (Lipinski definition) is 3. The van der Waals surface area contributed by atoms with Crippen molar-refractivity contribution in [3.63, 3.8) is 0 Å². The number of aromatic hydroxyl groups is 1. The first-order valence-corrected chi connectivity index (χ1v) is 8.75. The van der Waals surface area contributed by atoms with E-state index in [-0.39, 0.29) is 17.3 Å². The SMILES string of the molecule is O=c1c(Nc2ccc(O)cc2F)nccn1-c1ccc(CCc2nn[nH]n2)cc1. The zero-order chi connectivity index (χ0) is 20.2. The largest absolute Gasteiger partial charge is 0.508 e. The van der Waals surface area contributed by atoms with Crippen LogP contribution in [0.2, 0.25) is 0 Å². The average molecular weight is 393 g/mol. The van der Waals surface area contributed by atoms with Crippen molar-refractivity contribution >= 4 is 11.5 Å². The Labute approximate surface area is 163 Å². The second-order valence-corrected chi connectivity index (χ2v) is 6.23. The molecule has 0 spiro atoms. The lowest BCUT2D eigenvalue weighted by molar-refractivity contribution is 0.469. The quantitative estimate of drug-likeness (QED) is 0.429. The van der Waals surface area contributed by atoms with Crippen LogP contribution in [0.5, 0.6) is 5.75 Å². The summed E-state index contributed by atoms with van der Waals surface area (Å²) < 4.78 is 15.3. The molecule has 0 aliphatic carbocycles. The highest BCUT2D eigenvalue weighted by atomic mass is 19.1. The number of halogens is 1. The van der Waals surface area contributed by atoms with E-state index >= 15 is 0 Å². The normalized spacial score (nSPS) is 10.8. The van der Waals surface area contributed by atoms with Crippen LogP contribution < -0.4 is 10.9 Å². The van der Waals surface area contributed by atoms with Gasteiger partial charge in [-0.05, 0) is 36.2 Å². The van der Waals surface area contributed by atoms with Gasteiger partial charge in [0.15, 0.2) is 11.6 Å². The third kappa shape index (κ3) is 4.10. The monoisotopic (exact) mass is 393 g/mol. The van der Waals surface area contributed by atoms with E-state index in [4.69, 9.17) is 0 Å². The molecule has 4 rings (SSSR count). The molecule has 9 nitrogen and oxygen atoms in total. The molecule has 2 aromatic carbocycles. The van der Waals surface area contributed by atoms with Crippen LogP contribution in [0, 0.1) is 5.82 Å². The number of aromatic amines is 1. The number of hydrogen-bond acceptors (Lipinski definition) is 7. The van der Waals surface area contributed by atoms with E-state index in [2.05, 4.69) is 30.9 Å². The van der Waals surface area contributed by atoms with Crippen molar-refractivity contribution in [2.75, 3.05) is 5.32 Å². The van der Waals surface area contributed by atoms with E-state index in [1.54, 1.807) is 0 Å². The van der Waals surface area contributed by atoms with Gasteiger partial charge in [0, 0.05) is 30.6 Å². The summed E-state index contributed by atoms with van der Waals surface area (Å²) in [6, 6.07) is 11.1. The van der Waals surface area contributed by atoms with Crippen molar-refractivity contribution in [2.45, 2.75) is 12.8 Å². The van der Waals surface area contributed by atoms with Crippen LogP contribution in [0.1, 0.15) is 11.4 Å². The summed E-state index contributed by atoms with van der Waals surface area (Å²) >= 11 is 0. The van der Waals surface area contributed by atoms with Gasteiger partial charge in [0.2, 0.25) is 0 Å². The minimum absolute atomic E-state index is 0.0294. The second kappa shape index (κ2) is 7.89. The van der Waals surface area contributed by atoms with Gasteiger partial charge in [-0.1, -0.05) is 17.3 Å². The molecule has 3 N–H and O–H groups in total. The first-order valence-electron chi connectivity index (χ1n) is 8.75. The lowest BCUT2D eigenvalue weighted by Gasteiger charge is -2.10. The molecule has 0 amide bonds. The standard InChI is InChI=1S/C19H16FN7O2/c20-15-11-14(28)6-7-16(15)22-18-19(29)27(10-9-21-18)13-4-1-12(2-5-13)3-8-17-23-25-26-24-17/h1-2,4-7,9-11,28H,3,8H2,(H,21,22)(H,23,24,25,26). The highest BCUT2D eigenvalue weighted by Crippen LogP contribution is 2.21. The Hall–Kier alpha value is -4.08. The summed E-state index contributed by atoms with van der Waals surface area (Å²) in [6.07, 6.45) is 4.37. The minimum atomic E-state index is -0.687. The number of phenols is 1. The number of aromatic nitrogens is 6. The molecule has 0 fully saturated rings. The Kier molecular flexibility index (Phi) is 4.97. The maximum Gasteiger partial charge on any atom is 0.298 e. The summed E-state index contributed by atoms with van der Waals surface area (Å²) in [5.74, 6) is -0.284. The molecule has 0 radical (unpaired) electrons. The summed E-state index contributed by atoms with van der Waals surface area (Å²) in [5.41, 5.74) is 1.32. The lowest BCUT2D eigenvalue weighted by Crippen LogP contribution is -2.22. The van der Waals surface area contributed by atoms with Crippen molar-refractivity contribution in [1.82, 2.24) is 30.2 Å². The van der Waals surface area contributed by atoms with Crippen LogP contribution in [0.4, 0.5) is 15.9 Å². The Morgan fingerprint density at radius 3 is 2.69 bits per heavy atom. The first-order chi connectivity index (χ1) is 14.1. The Bertz CT molecular complexity index is 1170. The minimum Gasteiger partial charge on any atom is -0.508 e. The van der Waals surface area contributed by atoms with Gasteiger partial charge >= 0.3 is 0 Å². The fraction of sp³-hybridized carbons (Fsp3) is 0.105. The average Bonchev–Trinajstić information content (AvgIpc) is 3.24. The third-order valence-electron chi connectivity index (χ3n) is 4.29. The van der Waals surface area contributed by atoms with Crippen LogP contribution in [-0.4, -0.2) is 35.3 Å². The zero-order valence-electron chi connectivity index (χ0n) is 15.1. The predicted molar refractivity (Wildman–Crippen MR) is 103 cm³/mol. The maximum atomic E-state index is 13.9. The summed E-state index contributed by atoms with van der Waals surface area (Å²) in [6.45, 7) is 0. The van der Waals surface area contributed by atoms with Crippen molar-refractivity contribution in [3.8, 4) is 11.4 Å². The van der Waals surface area contributed by atoms with Crippen LogP contribution in [0.15, 0.2) is 59.7 Å². The lowest BCUT2D eigenvalue weighted by atomic mass is 10.1. The smallest absolute Gasteiger partial charge is 0.298 e. The van der Waals surface area contributed by atoms with Gasteiger partial charge in [0.1, 0.15) is 11.6 Å². The first kappa shape index (κ1) is 18.3. The van der Waals surface area contributed by atoms with Gasteiger partial charge in [-0.15, -0.1) is 10.2 Å². The molecule has 4 aromatic rings. The Balaban J connectivity index is 1.54. The number of H-pyrrole nitrogens is 1. The van der Waals surface area contributed by atoms with Gasteiger partial charge in [0.25, 0.3) is 5.56 Å². The topological polar surface area (TPSA) is 122 Å². The van der Waals surface area contributed by atoms with Crippen LogP contribution in [-0.2, 0) is 12.8 Å². The Morgan fingerprint density at radius 2 is 1.97 bits per heavy atom. The maximum absolute atomic E-state index is 13.9. The number of phenolic OH excluding ortho intramolecular Hbond substituents is 1. The van der Waals surface area contributed by atoms with E-state index in [1.165, 1.54) is 29.1 Å². The van der Waals surface area contributed by atoms with E-state index < -0.39 is 11.4 Å². The summed E-state index contributed by atoms with van der Waals surface area (Å²) in [4.78, 5) is 16.8. The van der Waals surface area contributed by atoms with Gasteiger partial charge in [-0.2, -0.15) is 5.21 Å². The van der Waals surface area contributed by atoms with Crippen molar-refractivity contribution in [2.24, 2.45) is 0 Å². The molecular weight excluding hydrogens is 377 g/mol. The molecule has 0 saturated carbocycles. The molecule has 146 valence electrons. The van der Waals surface area contributed by atoms with Crippen molar-refractivity contribution in [3.05, 3.63) is 82.4 Å². The molecule has 0 aliphatic rings. The summed E-state index contributed by atoms with van der Waals surface area (Å²) in [7, 11) is 0. The number of anilines is 2. The summed E-state index contributed by atoms with van der Waals surface area (Å²) in [5, 5.41) is 25.7. The second-order valence-electron chi connectivity index (χ2n) is 6.23. The third-order valence-corrected chi connectivity index (χ3v) is 4.29. The van der Waals surface area contributed by atoms with E-state index in [1.807, 2.05) is 24.3 Å². The molecule has 0 saturated heterocycles. The van der Waals surface area contributed by atoms with Gasteiger partial charge in [-0.3, -0.25) is 9.36 Å². The van der Waals surface area contributed by atoms with Crippen LogP contribution in [0.3, 0.4) is 0 Å². The van der Waals surface area contributed by atoms with Gasteiger partial charge in [0.05, 0.1) is 5.69 Å². The number of aryl methyl sites for hydroxylation is 2. The fourth-order valence-corrected chi connectivity index (χ4v) is 2.80. The molecule has 0 unspecified atom stereocenters. The number of tetrazole rings is 1. The van der Waals surface area contributed by atoms with Crippen LogP contribution >= 0.6 is 0 Å².